The molecule has 2 aliphatic rings. The van der Waals surface area contributed by atoms with Gasteiger partial charge in [0.15, 0.2) is 0 Å². The molecule has 7 heteroatoms. The molecule has 0 aliphatic carbocycles. The van der Waals surface area contributed by atoms with E-state index in [1.54, 1.807) is 24.3 Å². The molecule has 1 atom stereocenters. The lowest BCUT2D eigenvalue weighted by Crippen LogP contribution is -2.44. The molecule has 2 aromatic rings. The van der Waals surface area contributed by atoms with Crippen LogP contribution in [0.25, 0.3) is 0 Å². The van der Waals surface area contributed by atoms with Gasteiger partial charge in [-0.25, -0.2) is 0 Å². The van der Waals surface area contributed by atoms with Crippen LogP contribution in [0.1, 0.15) is 54.8 Å². The van der Waals surface area contributed by atoms with Crippen LogP contribution in [-0.4, -0.2) is 49.7 Å². The molecule has 2 amide bonds. The first kappa shape index (κ1) is 25.6. The lowest BCUT2D eigenvalue weighted by Gasteiger charge is -2.32. The number of benzene rings is 2. The number of imide groups is 1. The molecule has 0 saturated carbocycles. The van der Waals surface area contributed by atoms with E-state index in [-0.39, 0.29) is 17.7 Å². The van der Waals surface area contributed by atoms with Crippen LogP contribution in [0, 0.1) is 5.92 Å². The molecule has 35 heavy (non-hydrogen) atoms. The number of carbonyl (C=O) groups excluding carboxylic acids is 2. The maximum absolute atomic E-state index is 13.0. The topological polar surface area (TPSA) is 55.8 Å². The SMILES string of the molecule is C=C(B1OC(C)(C)C(C)(C)O1)[C@H](CCN1C(=O)c2ccccc2C1=O)C[Si](C)(C)c1ccccc1. The van der Waals surface area contributed by atoms with Crippen molar-refractivity contribution in [3.63, 3.8) is 0 Å². The first-order valence-electron chi connectivity index (χ1n) is 12.4. The Morgan fingerprint density at radius 3 is 1.91 bits per heavy atom. The van der Waals surface area contributed by atoms with Crippen molar-refractivity contribution in [2.45, 2.75) is 64.5 Å². The number of fused-ring (bicyclic) bond motifs is 1. The average Bonchev–Trinajstić information content (AvgIpc) is 3.19. The molecule has 2 aliphatic heterocycles. The Kier molecular flexibility index (Phi) is 6.73. The van der Waals surface area contributed by atoms with Crippen molar-refractivity contribution in [1.82, 2.24) is 4.90 Å². The van der Waals surface area contributed by atoms with Crippen molar-refractivity contribution in [1.29, 1.82) is 0 Å². The molecular weight excluding hydrogens is 453 g/mol. The fourth-order valence-corrected chi connectivity index (χ4v) is 7.98. The van der Waals surface area contributed by atoms with Gasteiger partial charge in [-0.05, 0) is 63.7 Å². The highest BCUT2D eigenvalue weighted by atomic mass is 28.3. The quantitative estimate of drug-likeness (QED) is 0.383. The summed E-state index contributed by atoms with van der Waals surface area (Å²) in [5.41, 5.74) is 0.938. The molecule has 184 valence electrons. The van der Waals surface area contributed by atoms with Crippen LogP contribution in [0.4, 0.5) is 0 Å². The predicted molar refractivity (Wildman–Crippen MR) is 144 cm³/mol. The first-order chi connectivity index (χ1) is 16.3. The number of carbonyl (C=O) groups is 2. The van der Waals surface area contributed by atoms with Crippen molar-refractivity contribution in [2.75, 3.05) is 6.54 Å². The highest BCUT2D eigenvalue weighted by Crippen LogP contribution is 2.41. The zero-order valence-electron chi connectivity index (χ0n) is 21.8. The van der Waals surface area contributed by atoms with Crippen LogP contribution in [0.2, 0.25) is 19.1 Å². The minimum atomic E-state index is -1.86. The second-order valence-corrected chi connectivity index (χ2v) is 16.2. The minimum absolute atomic E-state index is 0.0379. The summed E-state index contributed by atoms with van der Waals surface area (Å²) < 4.78 is 12.7. The molecule has 0 radical (unpaired) electrons. The average molecular weight is 489 g/mol. The highest BCUT2D eigenvalue weighted by molar-refractivity contribution is 6.89. The third-order valence-corrected chi connectivity index (χ3v) is 11.4. The Morgan fingerprint density at radius 1 is 0.914 bits per heavy atom. The van der Waals surface area contributed by atoms with Crippen LogP contribution in [-0.2, 0) is 9.31 Å². The summed E-state index contributed by atoms with van der Waals surface area (Å²) in [7, 11) is -2.38. The fourth-order valence-electron chi connectivity index (χ4n) is 4.96. The number of allylic oxidation sites excluding steroid dienone is 1. The Balaban J connectivity index is 1.57. The summed E-state index contributed by atoms with van der Waals surface area (Å²) >= 11 is 0. The third kappa shape index (κ3) is 4.82. The summed E-state index contributed by atoms with van der Waals surface area (Å²) in [6, 6.07) is 18.6. The molecule has 2 heterocycles. The molecule has 0 aromatic heterocycles. The van der Waals surface area contributed by atoms with Crippen molar-refractivity contribution in [3.8, 4) is 0 Å². The summed E-state index contributed by atoms with van der Waals surface area (Å²) in [5, 5.41) is 1.37. The van der Waals surface area contributed by atoms with E-state index in [9.17, 15) is 9.59 Å². The summed E-state index contributed by atoms with van der Waals surface area (Å²) in [5.74, 6) is -0.397. The van der Waals surface area contributed by atoms with Gasteiger partial charge in [0.1, 0.15) is 0 Å². The second kappa shape index (κ2) is 9.19. The van der Waals surface area contributed by atoms with E-state index < -0.39 is 26.4 Å². The number of hydrogen-bond acceptors (Lipinski definition) is 4. The van der Waals surface area contributed by atoms with Gasteiger partial charge in [-0.15, -0.1) is 6.58 Å². The van der Waals surface area contributed by atoms with Gasteiger partial charge in [0, 0.05) is 6.54 Å². The zero-order valence-corrected chi connectivity index (χ0v) is 22.8. The lowest BCUT2D eigenvalue weighted by molar-refractivity contribution is 0.00578. The molecule has 4 rings (SSSR count). The van der Waals surface area contributed by atoms with Crippen molar-refractivity contribution in [3.05, 3.63) is 77.8 Å². The largest absolute Gasteiger partial charge is 0.490 e. The summed E-state index contributed by atoms with van der Waals surface area (Å²) in [6.07, 6.45) is 0.623. The van der Waals surface area contributed by atoms with Crippen LogP contribution in [0.15, 0.2) is 66.6 Å². The van der Waals surface area contributed by atoms with E-state index in [0.29, 0.717) is 24.1 Å². The van der Waals surface area contributed by atoms with Gasteiger partial charge in [0.25, 0.3) is 11.8 Å². The van der Waals surface area contributed by atoms with E-state index in [1.165, 1.54) is 10.1 Å². The van der Waals surface area contributed by atoms with Gasteiger partial charge >= 0.3 is 7.12 Å². The van der Waals surface area contributed by atoms with E-state index in [2.05, 4.69) is 43.9 Å². The highest BCUT2D eigenvalue weighted by Gasteiger charge is 2.53. The molecule has 0 N–H and O–H groups in total. The molecule has 1 fully saturated rings. The van der Waals surface area contributed by atoms with Gasteiger partial charge < -0.3 is 9.31 Å². The van der Waals surface area contributed by atoms with E-state index in [1.807, 2.05) is 33.8 Å². The van der Waals surface area contributed by atoms with Crippen molar-refractivity contribution >= 4 is 32.2 Å². The molecule has 1 saturated heterocycles. The fraction of sp³-hybridized carbons (Fsp3) is 0.429. The Bertz CT molecular complexity index is 1090. The van der Waals surface area contributed by atoms with Gasteiger partial charge in [-0.1, -0.05) is 60.7 Å². The Labute approximate surface area is 210 Å². The van der Waals surface area contributed by atoms with Gasteiger partial charge in [0.05, 0.1) is 30.4 Å². The number of nitrogens with zero attached hydrogens (tertiary/aromatic N) is 1. The second-order valence-electron chi connectivity index (χ2n) is 11.4. The predicted octanol–water partition coefficient (Wildman–Crippen LogP) is 5.09. The van der Waals surface area contributed by atoms with Gasteiger partial charge in [-0.2, -0.15) is 0 Å². The summed E-state index contributed by atoms with van der Waals surface area (Å²) in [4.78, 5) is 27.3. The van der Waals surface area contributed by atoms with Crippen molar-refractivity contribution in [2.24, 2.45) is 5.92 Å². The van der Waals surface area contributed by atoms with Crippen molar-refractivity contribution < 1.29 is 18.9 Å². The monoisotopic (exact) mass is 489 g/mol. The third-order valence-electron chi connectivity index (χ3n) is 7.97. The van der Waals surface area contributed by atoms with Crippen LogP contribution in [0.3, 0.4) is 0 Å². The summed E-state index contributed by atoms with van der Waals surface area (Å²) in [6.45, 7) is 17.7. The maximum Gasteiger partial charge on any atom is 0.490 e. The Hall–Kier alpha value is -2.48. The van der Waals surface area contributed by atoms with Crippen LogP contribution < -0.4 is 5.19 Å². The van der Waals surface area contributed by atoms with Crippen LogP contribution in [0.5, 0.6) is 0 Å². The van der Waals surface area contributed by atoms with E-state index >= 15 is 0 Å². The van der Waals surface area contributed by atoms with Crippen LogP contribution >= 0.6 is 0 Å². The molecule has 0 unspecified atom stereocenters. The van der Waals surface area contributed by atoms with E-state index in [0.717, 1.165) is 11.5 Å². The molecule has 5 nitrogen and oxygen atoms in total. The lowest BCUT2D eigenvalue weighted by atomic mass is 9.71. The molecule has 0 bridgehead atoms. The number of hydrogen-bond donors (Lipinski definition) is 0. The molecule has 2 aromatic carbocycles. The van der Waals surface area contributed by atoms with Gasteiger partial charge in [0.2, 0.25) is 0 Å². The molecule has 0 spiro atoms. The number of rotatable bonds is 8. The smallest absolute Gasteiger partial charge is 0.400 e. The minimum Gasteiger partial charge on any atom is -0.400 e. The van der Waals surface area contributed by atoms with E-state index in [4.69, 9.17) is 9.31 Å². The van der Waals surface area contributed by atoms with Gasteiger partial charge in [-0.3, -0.25) is 14.5 Å². The number of amides is 2. The zero-order chi connectivity index (χ0) is 25.6. The Morgan fingerprint density at radius 2 is 1.40 bits per heavy atom. The maximum atomic E-state index is 13.0. The first-order valence-corrected chi connectivity index (χ1v) is 15.6. The molecular formula is C28H36BNO4Si. The standard InChI is InChI=1S/C28H36BNO4Si/c1-20(29-33-27(2,3)28(4,5)34-29)21(19-35(6,7)22-13-9-8-10-14-22)17-18-30-25(31)23-15-11-12-16-24(23)26(30)32/h8-16,21H,1,17-19H2,2-7H3/t21-/m1/s1. The normalized spacial score (nSPS) is 19.7.